The van der Waals surface area contributed by atoms with Crippen LogP contribution in [0.1, 0.15) is 37.4 Å². The smallest absolute Gasteiger partial charge is 0.260 e. The number of ether oxygens (including phenoxy) is 1. The van der Waals surface area contributed by atoms with E-state index in [2.05, 4.69) is 24.9 Å². The number of aromatic nitrogens is 1. The van der Waals surface area contributed by atoms with Gasteiger partial charge in [0.1, 0.15) is 5.75 Å². The molecule has 1 amide bonds. The van der Waals surface area contributed by atoms with Gasteiger partial charge in [0, 0.05) is 13.2 Å². The Balaban J connectivity index is 1.94. The zero-order chi connectivity index (χ0) is 16.7. The molecule has 23 heavy (non-hydrogen) atoms. The number of nitrogens with zero attached hydrogens (tertiary/aromatic N) is 2. The standard InChI is InChI=1S/C19H24N2O2/c1-4-15(2)17-10-5-6-11-18(17)23-14-19(22)21(3)13-16-9-7-8-12-20-16/h5-12,15H,4,13-14H2,1-3H3. The lowest BCUT2D eigenvalue weighted by molar-refractivity contribution is -0.132. The highest BCUT2D eigenvalue weighted by Gasteiger charge is 2.14. The van der Waals surface area contributed by atoms with Gasteiger partial charge in [0.05, 0.1) is 12.2 Å². The second kappa shape index (κ2) is 8.32. The van der Waals surface area contributed by atoms with Gasteiger partial charge in [-0.25, -0.2) is 0 Å². The molecule has 122 valence electrons. The number of hydrogen-bond donors (Lipinski definition) is 0. The first-order valence-corrected chi connectivity index (χ1v) is 7.97. The van der Waals surface area contributed by atoms with Crippen LogP contribution < -0.4 is 4.74 Å². The summed E-state index contributed by atoms with van der Waals surface area (Å²) in [6.07, 6.45) is 2.76. The summed E-state index contributed by atoms with van der Waals surface area (Å²) in [7, 11) is 1.76. The summed E-state index contributed by atoms with van der Waals surface area (Å²) in [6, 6.07) is 13.6. The minimum atomic E-state index is -0.0605. The van der Waals surface area contributed by atoms with E-state index in [-0.39, 0.29) is 12.5 Å². The Morgan fingerprint density at radius 2 is 1.96 bits per heavy atom. The molecule has 2 aromatic rings. The molecular formula is C19H24N2O2. The minimum Gasteiger partial charge on any atom is -0.483 e. The van der Waals surface area contributed by atoms with E-state index in [4.69, 9.17) is 4.74 Å². The van der Waals surface area contributed by atoms with Crippen molar-refractivity contribution in [2.45, 2.75) is 32.7 Å². The first kappa shape index (κ1) is 17.0. The number of pyridine rings is 1. The molecule has 0 aliphatic carbocycles. The van der Waals surface area contributed by atoms with Gasteiger partial charge in [0.2, 0.25) is 0 Å². The molecule has 1 unspecified atom stereocenters. The van der Waals surface area contributed by atoms with Crippen LogP contribution in [0.3, 0.4) is 0 Å². The number of carbonyl (C=O) groups excluding carboxylic acids is 1. The Morgan fingerprint density at radius 3 is 2.65 bits per heavy atom. The van der Waals surface area contributed by atoms with Gasteiger partial charge in [-0.05, 0) is 36.1 Å². The Labute approximate surface area is 138 Å². The molecule has 1 heterocycles. The van der Waals surface area contributed by atoms with Crippen LogP contribution in [0.15, 0.2) is 48.7 Å². The first-order chi connectivity index (χ1) is 11.1. The van der Waals surface area contributed by atoms with Crippen molar-refractivity contribution in [2.75, 3.05) is 13.7 Å². The molecule has 0 N–H and O–H groups in total. The predicted octanol–water partition coefficient (Wildman–Crippen LogP) is 3.63. The van der Waals surface area contributed by atoms with Crippen LogP contribution in [0.5, 0.6) is 5.75 Å². The molecule has 0 saturated carbocycles. The largest absolute Gasteiger partial charge is 0.483 e. The number of para-hydroxylation sites is 1. The summed E-state index contributed by atoms with van der Waals surface area (Å²) in [5.74, 6) is 1.14. The quantitative estimate of drug-likeness (QED) is 0.784. The van der Waals surface area contributed by atoms with Gasteiger partial charge in [-0.2, -0.15) is 0 Å². The van der Waals surface area contributed by atoms with E-state index in [9.17, 15) is 4.79 Å². The monoisotopic (exact) mass is 312 g/mol. The number of carbonyl (C=O) groups is 1. The molecule has 4 heteroatoms. The van der Waals surface area contributed by atoms with Crippen LogP contribution >= 0.6 is 0 Å². The molecule has 1 aromatic heterocycles. The zero-order valence-electron chi connectivity index (χ0n) is 14.0. The maximum absolute atomic E-state index is 12.2. The van der Waals surface area contributed by atoms with Crippen molar-refractivity contribution in [3.63, 3.8) is 0 Å². The summed E-state index contributed by atoms with van der Waals surface area (Å²) in [5.41, 5.74) is 2.01. The number of likely N-dealkylation sites (N-methyl/N-ethyl adjacent to an activating group) is 1. The maximum Gasteiger partial charge on any atom is 0.260 e. The fraction of sp³-hybridized carbons (Fsp3) is 0.368. The summed E-state index contributed by atoms with van der Waals surface area (Å²) < 4.78 is 5.77. The summed E-state index contributed by atoms with van der Waals surface area (Å²) in [4.78, 5) is 18.1. The second-order valence-corrected chi connectivity index (χ2v) is 5.71. The van der Waals surface area contributed by atoms with Crippen molar-refractivity contribution in [3.8, 4) is 5.75 Å². The first-order valence-electron chi connectivity index (χ1n) is 7.97. The van der Waals surface area contributed by atoms with Crippen molar-refractivity contribution in [3.05, 3.63) is 59.9 Å². The topological polar surface area (TPSA) is 42.4 Å². The Morgan fingerprint density at radius 1 is 1.22 bits per heavy atom. The van der Waals surface area contributed by atoms with Gasteiger partial charge in [-0.3, -0.25) is 9.78 Å². The maximum atomic E-state index is 12.2. The minimum absolute atomic E-state index is 0.0385. The average molecular weight is 312 g/mol. The lowest BCUT2D eigenvalue weighted by Gasteiger charge is -2.19. The highest BCUT2D eigenvalue weighted by molar-refractivity contribution is 5.77. The Kier molecular flexibility index (Phi) is 6.15. The van der Waals surface area contributed by atoms with E-state index in [1.165, 1.54) is 0 Å². The SMILES string of the molecule is CCC(C)c1ccccc1OCC(=O)N(C)Cc1ccccn1. The van der Waals surface area contributed by atoms with Crippen molar-refractivity contribution in [1.82, 2.24) is 9.88 Å². The molecule has 1 atom stereocenters. The van der Waals surface area contributed by atoms with Crippen LogP contribution in [0.25, 0.3) is 0 Å². The van der Waals surface area contributed by atoms with Gasteiger partial charge in [0.25, 0.3) is 5.91 Å². The van der Waals surface area contributed by atoms with Crippen LogP contribution in [0, 0.1) is 0 Å². The molecule has 1 aromatic carbocycles. The molecule has 0 saturated heterocycles. The average Bonchev–Trinajstić information content (AvgIpc) is 2.60. The van der Waals surface area contributed by atoms with Crippen molar-refractivity contribution in [1.29, 1.82) is 0 Å². The number of amides is 1. The predicted molar refractivity (Wildman–Crippen MR) is 91.4 cm³/mol. The molecule has 4 nitrogen and oxygen atoms in total. The number of hydrogen-bond acceptors (Lipinski definition) is 3. The van der Waals surface area contributed by atoms with E-state index in [0.29, 0.717) is 12.5 Å². The molecule has 0 aliphatic heterocycles. The van der Waals surface area contributed by atoms with E-state index in [1.807, 2.05) is 36.4 Å². The van der Waals surface area contributed by atoms with Gasteiger partial charge in [0.15, 0.2) is 6.61 Å². The van der Waals surface area contributed by atoms with Crippen molar-refractivity contribution in [2.24, 2.45) is 0 Å². The van der Waals surface area contributed by atoms with E-state index in [0.717, 1.165) is 23.4 Å². The molecule has 0 bridgehead atoms. The number of benzene rings is 1. The molecule has 0 radical (unpaired) electrons. The van der Waals surface area contributed by atoms with Crippen LogP contribution in [-0.4, -0.2) is 29.4 Å². The third-order valence-electron chi connectivity index (χ3n) is 3.96. The Hall–Kier alpha value is -2.36. The highest BCUT2D eigenvalue weighted by atomic mass is 16.5. The molecule has 2 rings (SSSR count). The van der Waals surface area contributed by atoms with Crippen molar-refractivity contribution < 1.29 is 9.53 Å². The van der Waals surface area contributed by atoms with Crippen molar-refractivity contribution >= 4 is 5.91 Å². The van der Waals surface area contributed by atoms with Gasteiger partial charge >= 0.3 is 0 Å². The van der Waals surface area contributed by atoms with E-state index < -0.39 is 0 Å². The molecular weight excluding hydrogens is 288 g/mol. The van der Waals surface area contributed by atoms with E-state index in [1.54, 1.807) is 18.1 Å². The fourth-order valence-electron chi connectivity index (χ4n) is 2.31. The molecule has 0 spiro atoms. The Bertz CT molecular complexity index is 628. The third-order valence-corrected chi connectivity index (χ3v) is 3.96. The highest BCUT2D eigenvalue weighted by Crippen LogP contribution is 2.28. The molecule has 0 fully saturated rings. The zero-order valence-corrected chi connectivity index (χ0v) is 14.0. The van der Waals surface area contributed by atoms with Crippen LogP contribution in [0.4, 0.5) is 0 Å². The van der Waals surface area contributed by atoms with Gasteiger partial charge in [-0.15, -0.1) is 0 Å². The summed E-state index contributed by atoms with van der Waals surface area (Å²) in [6.45, 7) is 4.83. The van der Waals surface area contributed by atoms with Gasteiger partial charge < -0.3 is 9.64 Å². The summed E-state index contributed by atoms with van der Waals surface area (Å²) >= 11 is 0. The number of rotatable bonds is 7. The second-order valence-electron chi connectivity index (χ2n) is 5.71. The van der Waals surface area contributed by atoms with Gasteiger partial charge in [-0.1, -0.05) is 38.1 Å². The normalized spacial score (nSPS) is 11.8. The lowest BCUT2D eigenvalue weighted by Crippen LogP contribution is -2.31. The van der Waals surface area contributed by atoms with E-state index >= 15 is 0 Å². The molecule has 0 aliphatic rings. The third kappa shape index (κ3) is 4.81. The summed E-state index contributed by atoms with van der Waals surface area (Å²) in [5, 5.41) is 0. The van der Waals surface area contributed by atoms with Crippen LogP contribution in [-0.2, 0) is 11.3 Å². The lowest BCUT2D eigenvalue weighted by atomic mass is 9.98. The van der Waals surface area contributed by atoms with Crippen LogP contribution in [0.2, 0.25) is 0 Å². The fourth-order valence-corrected chi connectivity index (χ4v) is 2.31.